The Bertz CT molecular complexity index is 711. The van der Waals surface area contributed by atoms with Crippen LogP contribution in [0.1, 0.15) is 39.2 Å². The molecule has 2 N–H and O–H groups in total. The van der Waals surface area contributed by atoms with Crippen molar-refractivity contribution < 1.29 is 29.0 Å². The van der Waals surface area contributed by atoms with Gasteiger partial charge in [0.1, 0.15) is 11.4 Å². The number of carbonyl (C=O) groups excluding carboxylic acids is 2. The van der Waals surface area contributed by atoms with Crippen molar-refractivity contribution in [1.82, 2.24) is 5.32 Å². The number of rotatable bonds is 7. The predicted molar refractivity (Wildman–Crippen MR) is 99.1 cm³/mol. The molecule has 0 saturated heterocycles. The number of fused-ring (bicyclic) bond motifs is 1. The highest BCUT2D eigenvalue weighted by molar-refractivity contribution is 5.96. The summed E-state index contributed by atoms with van der Waals surface area (Å²) in [6.45, 7) is 5.82. The third kappa shape index (κ3) is 6.16. The molecule has 2 rings (SSSR count). The largest absolute Gasteiger partial charge is 0.482 e. The second kappa shape index (κ2) is 8.75. The summed E-state index contributed by atoms with van der Waals surface area (Å²) in [6, 6.07) is 5.28. The first kappa shape index (κ1) is 20.5. The number of carboxylic acids is 1. The molecule has 1 aliphatic rings. The van der Waals surface area contributed by atoms with Crippen LogP contribution in [0.25, 0.3) is 0 Å². The monoisotopic (exact) mass is 378 g/mol. The van der Waals surface area contributed by atoms with Gasteiger partial charge >= 0.3 is 12.1 Å². The number of nitrogens with one attached hydrogen (secondary N) is 1. The van der Waals surface area contributed by atoms with Gasteiger partial charge in [-0.15, -0.1) is 0 Å². The van der Waals surface area contributed by atoms with Crippen LogP contribution in [-0.2, 0) is 20.7 Å². The number of amides is 2. The van der Waals surface area contributed by atoms with Gasteiger partial charge in [0.15, 0.2) is 6.61 Å². The topological polar surface area (TPSA) is 105 Å². The molecule has 1 aliphatic heterocycles. The smallest absolute Gasteiger partial charge is 0.407 e. The van der Waals surface area contributed by atoms with Crippen LogP contribution in [0.2, 0.25) is 0 Å². The van der Waals surface area contributed by atoms with Gasteiger partial charge in [-0.3, -0.25) is 4.79 Å². The zero-order chi connectivity index (χ0) is 20.0. The fourth-order valence-corrected chi connectivity index (χ4v) is 2.82. The number of carboxylic acid groups (broad SMARTS) is 1. The summed E-state index contributed by atoms with van der Waals surface area (Å²) in [7, 11) is 0. The summed E-state index contributed by atoms with van der Waals surface area (Å²) in [5.41, 5.74) is 1.04. The van der Waals surface area contributed by atoms with Crippen molar-refractivity contribution in [3.05, 3.63) is 23.8 Å². The van der Waals surface area contributed by atoms with Crippen molar-refractivity contribution in [2.24, 2.45) is 0 Å². The number of ether oxygens (including phenoxy) is 2. The number of hydrogen-bond donors (Lipinski definition) is 2. The maximum atomic E-state index is 12.5. The van der Waals surface area contributed by atoms with Crippen LogP contribution in [0, 0.1) is 0 Å². The zero-order valence-electron chi connectivity index (χ0n) is 15.9. The Morgan fingerprint density at radius 1 is 1.26 bits per heavy atom. The summed E-state index contributed by atoms with van der Waals surface area (Å²) in [5.74, 6) is -0.595. The Hall–Kier alpha value is -2.77. The molecular formula is C19H26N2O6. The second-order valence-corrected chi connectivity index (χ2v) is 7.26. The highest BCUT2D eigenvalue weighted by atomic mass is 16.6. The van der Waals surface area contributed by atoms with Gasteiger partial charge in [0, 0.05) is 25.1 Å². The molecule has 0 aromatic heterocycles. The van der Waals surface area contributed by atoms with Crippen LogP contribution in [-0.4, -0.2) is 48.4 Å². The molecule has 148 valence electrons. The molecule has 1 aromatic rings. The molecule has 0 saturated carbocycles. The summed E-state index contributed by atoms with van der Waals surface area (Å²) in [4.78, 5) is 36.5. The number of hydrogen-bond acceptors (Lipinski definition) is 5. The van der Waals surface area contributed by atoms with E-state index in [1.54, 1.807) is 37.8 Å². The third-order valence-corrected chi connectivity index (χ3v) is 3.87. The first-order valence-electron chi connectivity index (χ1n) is 8.91. The average Bonchev–Trinajstić information content (AvgIpc) is 2.99. The highest BCUT2D eigenvalue weighted by Gasteiger charge is 2.27. The van der Waals surface area contributed by atoms with Crippen LogP contribution < -0.4 is 15.0 Å². The molecule has 8 heteroatoms. The van der Waals surface area contributed by atoms with Crippen molar-refractivity contribution in [2.45, 2.75) is 45.6 Å². The summed E-state index contributed by atoms with van der Waals surface area (Å²) >= 11 is 0. The minimum atomic E-state index is -1.05. The van der Waals surface area contributed by atoms with Crippen LogP contribution >= 0.6 is 0 Å². The van der Waals surface area contributed by atoms with Gasteiger partial charge in [-0.2, -0.15) is 0 Å². The Balaban J connectivity index is 1.85. The Morgan fingerprint density at radius 2 is 2.00 bits per heavy atom. The number of carbonyl (C=O) groups is 3. The van der Waals surface area contributed by atoms with Gasteiger partial charge in [-0.05, 0) is 45.7 Å². The van der Waals surface area contributed by atoms with Gasteiger partial charge < -0.3 is 24.8 Å². The van der Waals surface area contributed by atoms with Crippen LogP contribution in [0.5, 0.6) is 5.75 Å². The van der Waals surface area contributed by atoms with Crippen molar-refractivity contribution in [3.8, 4) is 5.75 Å². The Kier molecular flexibility index (Phi) is 6.65. The van der Waals surface area contributed by atoms with Crippen LogP contribution in [0.4, 0.5) is 10.5 Å². The van der Waals surface area contributed by atoms with E-state index in [4.69, 9.17) is 14.6 Å². The van der Waals surface area contributed by atoms with Gasteiger partial charge in [0.05, 0.1) is 5.69 Å². The summed E-state index contributed by atoms with van der Waals surface area (Å²) in [6.07, 6.45) is 0.906. The number of aliphatic carboxylic acids is 1. The molecule has 2 amide bonds. The lowest BCUT2D eigenvalue weighted by Gasteiger charge is -2.20. The van der Waals surface area contributed by atoms with Crippen molar-refractivity contribution in [3.63, 3.8) is 0 Å². The van der Waals surface area contributed by atoms with E-state index in [9.17, 15) is 14.4 Å². The molecule has 27 heavy (non-hydrogen) atoms. The van der Waals surface area contributed by atoms with E-state index in [2.05, 4.69) is 5.32 Å². The van der Waals surface area contributed by atoms with Crippen molar-refractivity contribution >= 4 is 23.7 Å². The van der Waals surface area contributed by atoms with Crippen molar-refractivity contribution in [2.75, 3.05) is 24.6 Å². The maximum Gasteiger partial charge on any atom is 0.407 e. The lowest BCUT2D eigenvalue weighted by atomic mass is 10.1. The third-order valence-electron chi connectivity index (χ3n) is 3.87. The van der Waals surface area contributed by atoms with Crippen LogP contribution in [0.3, 0.4) is 0 Å². The first-order chi connectivity index (χ1) is 12.7. The quantitative estimate of drug-likeness (QED) is 0.706. The van der Waals surface area contributed by atoms with E-state index >= 15 is 0 Å². The lowest BCUT2D eigenvalue weighted by Crippen LogP contribution is -2.34. The van der Waals surface area contributed by atoms with Crippen molar-refractivity contribution in [1.29, 1.82) is 0 Å². The number of nitrogens with zero attached hydrogens (tertiary/aromatic N) is 1. The Morgan fingerprint density at radius 3 is 2.67 bits per heavy atom. The minimum absolute atomic E-state index is 0.0462. The van der Waals surface area contributed by atoms with E-state index in [1.165, 1.54) is 0 Å². The standard InChI is InChI=1S/C19H26N2O6/c1-19(2,3)27-18(25)20-10-5-8-16(22)21-11-9-13-14(21)6-4-7-15(13)26-12-17(23)24/h4,6-7H,5,8-12H2,1-3H3,(H,20,25)(H,23,24). The fourth-order valence-electron chi connectivity index (χ4n) is 2.82. The van der Waals surface area contributed by atoms with Gasteiger partial charge in [0.2, 0.25) is 5.91 Å². The van der Waals surface area contributed by atoms with E-state index in [0.29, 0.717) is 31.7 Å². The molecule has 0 unspecified atom stereocenters. The summed E-state index contributed by atoms with van der Waals surface area (Å²) in [5, 5.41) is 11.4. The SMILES string of the molecule is CC(C)(C)OC(=O)NCCCC(=O)N1CCc2c(OCC(=O)O)cccc21. The molecule has 0 fully saturated rings. The highest BCUT2D eigenvalue weighted by Crippen LogP contribution is 2.35. The van der Waals surface area contributed by atoms with Gasteiger partial charge in [-0.25, -0.2) is 9.59 Å². The van der Waals surface area contributed by atoms with Crippen LogP contribution in [0.15, 0.2) is 18.2 Å². The average molecular weight is 378 g/mol. The number of benzene rings is 1. The molecule has 1 aromatic carbocycles. The molecule has 0 radical (unpaired) electrons. The molecule has 0 atom stereocenters. The van der Waals surface area contributed by atoms with E-state index in [0.717, 1.165) is 11.3 Å². The lowest BCUT2D eigenvalue weighted by molar-refractivity contribution is -0.139. The summed E-state index contributed by atoms with van der Waals surface area (Å²) < 4.78 is 10.4. The predicted octanol–water partition coefficient (Wildman–Crippen LogP) is 2.34. The normalized spacial score (nSPS) is 13.1. The second-order valence-electron chi connectivity index (χ2n) is 7.26. The number of anilines is 1. The number of alkyl carbamates (subject to hydrolysis) is 1. The molecule has 1 heterocycles. The zero-order valence-corrected chi connectivity index (χ0v) is 15.9. The van der Waals surface area contributed by atoms with Gasteiger partial charge in [-0.1, -0.05) is 6.07 Å². The fraction of sp³-hybridized carbons (Fsp3) is 0.526. The minimum Gasteiger partial charge on any atom is -0.482 e. The molecular weight excluding hydrogens is 352 g/mol. The van der Waals surface area contributed by atoms with E-state index < -0.39 is 24.3 Å². The molecule has 0 spiro atoms. The van der Waals surface area contributed by atoms with E-state index in [1.807, 2.05) is 6.07 Å². The first-order valence-corrected chi connectivity index (χ1v) is 8.91. The maximum absolute atomic E-state index is 12.5. The Labute approximate surface area is 158 Å². The van der Waals surface area contributed by atoms with Gasteiger partial charge in [0.25, 0.3) is 0 Å². The molecule has 8 nitrogen and oxygen atoms in total. The van der Waals surface area contributed by atoms with E-state index in [-0.39, 0.29) is 12.3 Å². The molecule has 0 bridgehead atoms. The molecule has 0 aliphatic carbocycles.